The summed E-state index contributed by atoms with van der Waals surface area (Å²) in [6.07, 6.45) is 15.5. The Labute approximate surface area is 178 Å². The highest BCUT2D eigenvalue weighted by Gasteiger charge is 2.17. The fourth-order valence-corrected chi connectivity index (χ4v) is 2.93. The van der Waals surface area contributed by atoms with Crippen molar-refractivity contribution in [1.29, 1.82) is 0 Å². The third-order valence-corrected chi connectivity index (χ3v) is 4.67. The normalized spacial score (nSPS) is 11.8. The topological polar surface area (TPSA) is 61.8 Å². The maximum Gasteiger partial charge on any atom is 0.306 e. The monoisotopic (exact) mass is 412 g/mol. The molecule has 5 heteroatoms. The van der Waals surface area contributed by atoms with Crippen LogP contribution in [0.4, 0.5) is 0 Å². The van der Waals surface area contributed by atoms with E-state index in [1.54, 1.807) is 0 Å². The van der Waals surface area contributed by atoms with Crippen LogP contribution in [0.5, 0.6) is 0 Å². The Hall–Kier alpha value is -1.36. The van der Waals surface area contributed by atoms with Gasteiger partial charge in [0.05, 0.1) is 6.61 Å². The summed E-state index contributed by atoms with van der Waals surface area (Å²) >= 11 is 0. The Morgan fingerprint density at radius 2 is 1.48 bits per heavy atom. The van der Waals surface area contributed by atoms with Gasteiger partial charge in [-0.25, -0.2) is 0 Å². The van der Waals surface area contributed by atoms with Gasteiger partial charge < -0.3 is 14.2 Å². The van der Waals surface area contributed by atoms with Crippen molar-refractivity contribution >= 4 is 11.9 Å². The summed E-state index contributed by atoms with van der Waals surface area (Å²) in [4.78, 5) is 23.6. The molecular weight excluding hydrogens is 368 g/mol. The Morgan fingerprint density at radius 1 is 0.793 bits per heavy atom. The highest BCUT2D eigenvalue weighted by atomic mass is 16.6. The minimum Gasteiger partial charge on any atom is -0.462 e. The molecule has 0 aromatic rings. The molecule has 0 aromatic carbocycles. The molecular formula is C24H44O5. The second-order valence-electron chi connectivity index (χ2n) is 7.63. The standard InChI is InChI=1S/C24H44O5/c1-4-7-9-10-11-12-13-14-16-19-27-20-22(21-28-23(25)17-6-3)29-24(26)18-15-8-5-2/h4,22H,1,5-21H2,2-3H3. The molecule has 0 heterocycles. The third-order valence-electron chi connectivity index (χ3n) is 4.67. The first kappa shape index (κ1) is 27.6. The summed E-state index contributed by atoms with van der Waals surface area (Å²) in [6.45, 7) is 8.76. The average molecular weight is 413 g/mol. The van der Waals surface area contributed by atoms with E-state index < -0.39 is 6.10 Å². The molecule has 0 aliphatic heterocycles. The Bertz CT molecular complexity index is 408. The van der Waals surface area contributed by atoms with E-state index in [2.05, 4.69) is 13.5 Å². The molecule has 1 atom stereocenters. The summed E-state index contributed by atoms with van der Waals surface area (Å²) < 4.78 is 16.4. The van der Waals surface area contributed by atoms with Crippen LogP contribution in [0.2, 0.25) is 0 Å². The van der Waals surface area contributed by atoms with Gasteiger partial charge in [0.25, 0.3) is 0 Å². The Balaban J connectivity index is 3.95. The van der Waals surface area contributed by atoms with Gasteiger partial charge >= 0.3 is 11.9 Å². The van der Waals surface area contributed by atoms with Crippen LogP contribution in [0.15, 0.2) is 12.7 Å². The highest BCUT2D eigenvalue weighted by molar-refractivity contribution is 5.70. The van der Waals surface area contributed by atoms with Crippen LogP contribution in [-0.2, 0) is 23.8 Å². The Kier molecular flexibility index (Phi) is 20.3. The third kappa shape index (κ3) is 19.7. The number of esters is 2. The van der Waals surface area contributed by atoms with E-state index in [-0.39, 0.29) is 25.2 Å². The van der Waals surface area contributed by atoms with Crippen LogP contribution in [0, 0.1) is 0 Å². The molecule has 1 unspecified atom stereocenters. The number of ether oxygens (including phenoxy) is 3. The molecule has 5 nitrogen and oxygen atoms in total. The van der Waals surface area contributed by atoms with Crippen LogP contribution in [0.1, 0.15) is 104 Å². The van der Waals surface area contributed by atoms with Crippen molar-refractivity contribution in [3.63, 3.8) is 0 Å². The quantitative estimate of drug-likeness (QED) is 0.129. The smallest absolute Gasteiger partial charge is 0.306 e. The molecule has 170 valence electrons. The van der Waals surface area contributed by atoms with Gasteiger partial charge in [0.2, 0.25) is 0 Å². The van der Waals surface area contributed by atoms with Gasteiger partial charge in [0, 0.05) is 19.4 Å². The fourth-order valence-electron chi connectivity index (χ4n) is 2.93. The zero-order valence-electron chi connectivity index (χ0n) is 18.9. The van der Waals surface area contributed by atoms with Crippen molar-refractivity contribution in [3.05, 3.63) is 12.7 Å². The lowest BCUT2D eigenvalue weighted by atomic mass is 10.1. The summed E-state index contributed by atoms with van der Waals surface area (Å²) in [6, 6.07) is 0. The zero-order valence-corrected chi connectivity index (χ0v) is 18.9. The van der Waals surface area contributed by atoms with Crippen LogP contribution in [0.25, 0.3) is 0 Å². The lowest BCUT2D eigenvalue weighted by Crippen LogP contribution is -2.30. The van der Waals surface area contributed by atoms with Gasteiger partial charge in [-0.15, -0.1) is 6.58 Å². The summed E-state index contributed by atoms with van der Waals surface area (Å²) in [7, 11) is 0. The predicted molar refractivity (Wildman–Crippen MR) is 118 cm³/mol. The van der Waals surface area contributed by atoms with Crippen LogP contribution in [-0.4, -0.2) is 37.9 Å². The molecule has 0 amide bonds. The molecule has 0 aliphatic rings. The highest BCUT2D eigenvalue weighted by Crippen LogP contribution is 2.09. The number of carbonyl (C=O) groups excluding carboxylic acids is 2. The van der Waals surface area contributed by atoms with E-state index in [1.165, 1.54) is 32.1 Å². The van der Waals surface area contributed by atoms with Crippen LogP contribution < -0.4 is 0 Å². The molecule has 0 bridgehead atoms. The summed E-state index contributed by atoms with van der Waals surface area (Å²) in [5.41, 5.74) is 0. The zero-order chi connectivity index (χ0) is 21.6. The van der Waals surface area contributed by atoms with Gasteiger partial charge in [0.1, 0.15) is 6.61 Å². The van der Waals surface area contributed by atoms with Gasteiger partial charge in [-0.05, 0) is 32.1 Å². The van der Waals surface area contributed by atoms with Crippen molar-refractivity contribution in [2.45, 2.75) is 110 Å². The number of hydrogen-bond donors (Lipinski definition) is 0. The molecule has 0 radical (unpaired) electrons. The second kappa shape index (κ2) is 21.4. The molecule has 29 heavy (non-hydrogen) atoms. The van der Waals surface area contributed by atoms with E-state index in [9.17, 15) is 9.59 Å². The molecule has 0 aromatic heterocycles. The minimum atomic E-state index is -0.519. The van der Waals surface area contributed by atoms with Crippen LogP contribution in [0.3, 0.4) is 0 Å². The summed E-state index contributed by atoms with van der Waals surface area (Å²) in [5.74, 6) is -0.498. The van der Waals surface area contributed by atoms with Crippen LogP contribution >= 0.6 is 0 Å². The fraction of sp³-hybridized carbons (Fsp3) is 0.833. The second-order valence-corrected chi connectivity index (χ2v) is 7.63. The number of hydrogen-bond acceptors (Lipinski definition) is 5. The first-order chi connectivity index (χ1) is 14.1. The molecule has 0 saturated carbocycles. The first-order valence-corrected chi connectivity index (χ1v) is 11.7. The molecule has 0 saturated heterocycles. The summed E-state index contributed by atoms with van der Waals surface area (Å²) in [5, 5.41) is 0. The van der Waals surface area contributed by atoms with E-state index in [1.807, 2.05) is 13.0 Å². The lowest BCUT2D eigenvalue weighted by molar-refractivity contribution is -0.162. The van der Waals surface area contributed by atoms with Gasteiger partial charge in [0.15, 0.2) is 6.10 Å². The average Bonchev–Trinajstić information content (AvgIpc) is 2.70. The largest absolute Gasteiger partial charge is 0.462 e. The number of allylic oxidation sites excluding steroid dienone is 1. The molecule has 0 rings (SSSR count). The number of carbonyl (C=O) groups is 2. The number of unbranched alkanes of at least 4 members (excludes halogenated alkanes) is 9. The molecule has 0 N–H and O–H groups in total. The predicted octanol–water partition coefficient (Wildman–Crippen LogP) is 6.15. The maximum absolute atomic E-state index is 12.0. The first-order valence-electron chi connectivity index (χ1n) is 11.7. The van der Waals surface area contributed by atoms with Crippen molar-refractivity contribution in [3.8, 4) is 0 Å². The van der Waals surface area contributed by atoms with E-state index >= 15 is 0 Å². The van der Waals surface area contributed by atoms with E-state index in [4.69, 9.17) is 14.2 Å². The van der Waals surface area contributed by atoms with Gasteiger partial charge in [-0.3, -0.25) is 9.59 Å². The lowest BCUT2D eigenvalue weighted by Gasteiger charge is -2.18. The van der Waals surface area contributed by atoms with Crippen molar-refractivity contribution in [2.75, 3.05) is 19.8 Å². The molecule has 0 spiro atoms. The van der Waals surface area contributed by atoms with Gasteiger partial charge in [-0.1, -0.05) is 64.9 Å². The Morgan fingerprint density at radius 3 is 2.14 bits per heavy atom. The minimum absolute atomic E-state index is 0.0725. The molecule has 0 fully saturated rings. The van der Waals surface area contributed by atoms with Crippen molar-refractivity contribution in [1.82, 2.24) is 0 Å². The van der Waals surface area contributed by atoms with E-state index in [0.717, 1.165) is 44.9 Å². The van der Waals surface area contributed by atoms with E-state index in [0.29, 0.717) is 19.4 Å². The SMILES string of the molecule is C=CCCCCCCCCCOCC(COC(=O)CCC)OC(=O)CCCCC. The van der Waals surface area contributed by atoms with Crippen molar-refractivity contribution in [2.24, 2.45) is 0 Å². The number of rotatable bonds is 21. The molecule has 0 aliphatic carbocycles. The van der Waals surface area contributed by atoms with Gasteiger partial charge in [-0.2, -0.15) is 0 Å². The van der Waals surface area contributed by atoms with Crippen molar-refractivity contribution < 1.29 is 23.8 Å². The maximum atomic E-state index is 12.0.